The van der Waals surface area contributed by atoms with Crippen molar-refractivity contribution in [3.8, 4) is 0 Å². The van der Waals surface area contributed by atoms with E-state index in [1.807, 2.05) is 0 Å². The fourth-order valence-electron chi connectivity index (χ4n) is 2.86. The molecule has 3 aromatic rings. The average Bonchev–Trinajstić information content (AvgIpc) is 2.77. The Kier molecular flexibility index (Phi) is 7.75. The fraction of sp³-hybridized carbons (Fsp3) is 0.0435. The highest BCUT2D eigenvalue weighted by molar-refractivity contribution is 8.00. The number of anilines is 1. The normalized spacial score (nSPS) is 10.5. The number of nitrogens with one attached hydrogen (secondary N) is 1. The van der Waals surface area contributed by atoms with E-state index in [1.54, 1.807) is 36.4 Å². The monoisotopic (exact) mass is 503 g/mol. The van der Waals surface area contributed by atoms with Gasteiger partial charge >= 0.3 is 11.9 Å². The number of Topliss-reactive ketones (excluding diaryl/α,β-unsaturated/α-hetero) is 1. The van der Waals surface area contributed by atoms with Crippen LogP contribution in [-0.4, -0.2) is 39.6 Å². The number of carboxylic acids is 2. The van der Waals surface area contributed by atoms with E-state index in [0.29, 0.717) is 21.2 Å². The molecule has 0 saturated carbocycles. The molecule has 0 fully saturated rings. The Bertz CT molecular complexity index is 1280. The van der Waals surface area contributed by atoms with Crippen LogP contribution in [0, 0.1) is 0 Å². The second kappa shape index (κ2) is 10.5. The molecule has 0 aliphatic rings. The van der Waals surface area contributed by atoms with Gasteiger partial charge in [-0.05, 0) is 54.6 Å². The average molecular weight is 504 g/mol. The van der Waals surface area contributed by atoms with Crippen molar-refractivity contribution in [3.63, 3.8) is 0 Å². The Balaban J connectivity index is 1.72. The van der Waals surface area contributed by atoms with Crippen molar-refractivity contribution in [2.45, 2.75) is 4.90 Å². The fourth-order valence-corrected chi connectivity index (χ4v) is 4.21. The lowest BCUT2D eigenvalue weighted by Gasteiger charge is -2.10. The largest absolute Gasteiger partial charge is 0.478 e. The molecule has 0 radical (unpaired) electrons. The SMILES string of the molecule is O=C(O)c1ccc(C(=O)Nc2cccc(SCC(=O)c3ccc(Cl)cc3Cl)c2)c(C(=O)O)c1. The van der Waals surface area contributed by atoms with Crippen LogP contribution in [0.1, 0.15) is 41.4 Å². The minimum absolute atomic E-state index is 0.0958. The molecule has 3 N–H and O–H groups in total. The van der Waals surface area contributed by atoms with Crippen LogP contribution >= 0.6 is 35.0 Å². The highest BCUT2D eigenvalue weighted by Gasteiger charge is 2.19. The number of carbonyl (C=O) groups excluding carboxylic acids is 2. The van der Waals surface area contributed by atoms with Gasteiger partial charge in [0.15, 0.2) is 5.78 Å². The smallest absolute Gasteiger partial charge is 0.336 e. The zero-order valence-corrected chi connectivity index (χ0v) is 19.0. The molecule has 0 spiro atoms. The number of hydrogen-bond acceptors (Lipinski definition) is 5. The summed E-state index contributed by atoms with van der Waals surface area (Å²) in [5, 5.41) is 21.7. The summed E-state index contributed by atoms with van der Waals surface area (Å²) in [7, 11) is 0. The van der Waals surface area contributed by atoms with Crippen molar-refractivity contribution in [1.29, 1.82) is 0 Å². The number of halogens is 2. The highest BCUT2D eigenvalue weighted by Crippen LogP contribution is 2.26. The molecule has 3 aromatic carbocycles. The third kappa shape index (κ3) is 6.13. The highest BCUT2D eigenvalue weighted by atomic mass is 35.5. The number of rotatable bonds is 8. The molecule has 7 nitrogen and oxygen atoms in total. The Morgan fingerprint density at radius 1 is 0.818 bits per heavy atom. The molecule has 0 aromatic heterocycles. The minimum Gasteiger partial charge on any atom is -0.478 e. The molecule has 0 saturated heterocycles. The second-order valence-corrected chi connectivity index (χ2v) is 8.58. The summed E-state index contributed by atoms with van der Waals surface area (Å²) in [6.07, 6.45) is 0. The molecule has 10 heteroatoms. The minimum atomic E-state index is -1.42. The van der Waals surface area contributed by atoms with E-state index < -0.39 is 23.4 Å². The number of carbonyl (C=O) groups is 4. The van der Waals surface area contributed by atoms with E-state index >= 15 is 0 Å². The van der Waals surface area contributed by atoms with E-state index in [4.69, 9.17) is 28.3 Å². The third-order valence-electron chi connectivity index (χ3n) is 4.43. The standard InChI is InChI=1S/C23H15Cl2NO6S/c24-13-5-7-17(19(25)9-13)20(27)11-33-15-3-1-2-14(10-15)26-21(28)16-6-4-12(22(29)30)8-18(16)23(31)32/h1-10H,11H2,(H,26,28)(H,29,30)(H,31,32). The van der Waals surface area contributed by atoms with Crippen molar-refractivity contribution < 1.29 is 29.4 Å². The topological polar surface area (TPSA) is 121 Å². The number of carboxylic acid groups (broad SMARTS) is 2. The summed E-state index contributed by atoms with van der Waals surface area (Å²) in [6, 6.07) is 14.5. The first-order valence-corrected chi connectivity index (χ1v) is 11.0. The summed E-state index contributed by atoms with van der Waals surface area (Å²) >= 11 is 13.2. The predicted octanol–water partition coefficient (Wildman–Crippen LogP) is 5.62. The molecule has 168 valence electrons. The molecule has 0 aliphatic heterocycles. The third-order valence-corrected chi connectivity index (χ3v) is 5.98. The van der Waals surface area contributed by atoms with Crippen molar-refractivity contribution in [1.82, 2.24) is 0 Å². The molecule has 3 rings (SSSR count). The Labute approximate surface area is 202 Å². The number of thioether (sulfide) groups is 1. The summed E-state index contributed by atoms with van der Waals surface area (Å²) < 4.78 is 0. The van der Waals surface area contributed by atoms with E-state index in [2.05, 4.69) is 5.32 Å². The van der Waals surface area contributed by atoms with Crippen LogP contribution in [-0.2, 0) is 0 Å². The summed E-state index contributed by atoms with van der Waals surface area (Å²) in [5.74, 6) is -3.54. The van der Waals surface area contributed by atoms with Crippen molar-refractivity contribution in [2.75, 3.05) is 11.1 Å². The quantitative estimate of drug-likeness (QED) is 0.269. The van der Waals surface area contributed by atoms with E-state index in [-0.39, 0.29) is 27.7 Å². The summed E-state index contributed by atoms with van der Waals surface area (Å²) in [6.45, 7) is 0. The van der Waals surface area contributed by atoms with E-state index in [0.717, 1.165) is 18.2 Å². The first-order valence-electron chi connectivity index (χ1n) is 9.29. The van der Waals surface area contributed by atoms with Crippen molar-refractivity contribution in [3.05, 3.63) is 93.0 Å². The van der Waals surface area contributed by atoms with E-state index in [1.165, 1.54) is 17.8 Å². The maximum absolute atomic E-state index is 12.6. The summed E-state index contributed by atoms with van der Waals surface area (Å²) in [4.78, 5) is 48.4. The van der Waals surface area contributed by atoms with Crippen LogP contribution in [0.4, 0.5) is 5.69 Å². The molecule has 0 unspecified atom stereocenters. The molecule has 0 bridgehead atoms. The Hall–Kier alpha value is -3.33. The number of aromatic carboxylic acids is 2. The van der Waals surface area contributed by atoms with Gasteiger partial charge in [-0.3, -0.25) is 9.59 Å². The summed E-state index contributed by atoms with van der Waals surface area (Å²) in [5.41, 5.74) is -0.126. The molecule has 33 heavy (non-hydrogen) atoms. The first-order chi connectivity index (χ1) is 15.7. The van der Waals surface area contributed by atoms with Gasteiger partial charge in [0, 0.05) is 21.2 Å². The van der Waals surface area contributed by atoms with Crippen LogP contribution in [0.3, 0.4) is 0 Å². The van der Waals surface area contributed by atoms with Crippen LogP contribution in [0.2, 0.25) is 10.0 Å². The van der Waals surface area contributed by atoms with Crippen molar-refractivity contribution in [2.24, 2.45) is 0 Å². The van der Waals surface area contributed by atoms with Gasteiger partial charge in [0.1, 0.15) is 0 Å². The Morgan fingerprint density at radius 2 is 1.55 bits per heavy atom. The van der Waals surface area contributed by atoms with Gasteiger partial charge in [0.2, 0.25) is 0 Å². The molecule has 0 aliphatic carbocycles. The lowest BCUT2D eigenvalue weighted by molar-refractivity contribution is 0.0692. The molecule has 0 atom stereocenters. The van der Waals surface area contributed by atoms with Gasteiger partial charge in [-0.2, -0.15) is 0 Å². The van der Waals surface area contributed by atoms with Crippen LogP contribution < -0.4 is 5.32 Å². The van der Waals surface area contributed by atoms with Crippen LogP contribution in [0.15, 0.2) is 65.6 Å². The number of benzene rings is 3. The Morgan fingerprint density at radius 3 is 2.21 bits per heavy atom. The number of hydrogen-bond donors (Lipinski definition) is 3. The zero-order valence-electron chi connectivity index (χ0n) is 16.7. The predicted molar refractivity (Wildman–Crippen MR) is 126 cm³/mol. The number of amides is 1. The second-order valence-electron chi connectivity index (χ2n) is 6.69. The van der Waals surface area contributed by atoms with E-state index in [9.17, 15) is 24.3 Å². The maximum Gasteiger partial charge on any atom is 0.336 e. The molecule has 0 heterocycles. The number of ketones is 1. The maximum atomic E-state index is 12.6. The van der Waals surface area contributed by atoms with Gasteiger partial charge in [-0.1, -0.05) is 29.3 Å². The zero-order chi connectivity index (χ0) is 24.1. The first kappa shape index (κ1) is 24.3. The molecule has 1 amide bonds. The van der Waals surface area contributed by atoms with Crippen LogP contribution in [0.5, 0.6) is 0 Å². The lowest BCUT2D eigenvalue weighted by Crippen LogP contribution is -2.17. The van der Waals surface area contributed by atoms with Gasteiger partial charge in [-0.25, -0.2) is 9.59 Å². The van der Waals surface area contributed by atoms with Gasteiger partial charge < -0.3 is 15.5 Å². The van der Waals surface area contributed by atoms with Gasteiger partial charge in [-0.15, -0.1) is 11.8 Å². The van der Waals surface area contributed by atoms with Crippen molar-refractivity contribution >= 4 is 64.3 Å². The van der Waals surface area contributed by atoms with Gasteiger partial charge in [0.25, 0.3) is 5.91 Å². The lowest BCUT2D eigenvalue weighted by atomic mass is 10.0. The molecular formula is C23H15Cl2NO6S. The molecular weight excluding hydrogens is 489 g/mol. The van der Waals surface area contributed by atoms with Crippen LogP contribution in [0.25, 0.3) is 0 Å². The van der Waals surface area contributed by atoms with Gasteiger partial charge in [0.05, 0.1) is 27.5 Å².